The summed E-state index contributed by atoms with van der Waals surface area (Å²) in [5, 5.41) is 7.24. The molecule has 0 spiro atoms. The van der Waals surface area contributed by atoms with Crippen molar-refractivity contribution >= 4 is 17.3 Å². The van der Waals surface area contributed by atoms with Crippen LogP contribution in [0.5, 0.6) is 0 Å². The molecule has 4 nitrogen and oxygen atoms in total. The zero-order valence-corrected chi connectivity index (χ0v) is 10.8. The second kappa shape index (κ2) is 8.73. The fourth-order valence-electron chi connectivity index (χ4n) is 1.24. The van der Waals surface area contributed by atoms with Crippen molar-refractivity contribution in [3.8, 4) is 0 Å². The topological polar surface area (TPSA) is 42.5 Å². The van der Waals surface area contributed by atoms with Gasteiger partial charge in [-0.05, 0) is 37.9 Å². The molecular weight excluding hydrogens is 224 g/mol. The van der Waals surface area contributed by atoms with Crippen LogP contribution in [0.1, 0.15) is 25.7 Å². The maximum absolute atomic E-state index is 5.35. The molecule has 0 aromatic heterocycles. The van der Waals surface area contributed by atoms with Crippen LogP contribution in [-0.4, -0.2) is 44.6 Å². The SMILES string of the molecule is COCCOCCCCNC(=S)NC1CC1. The molecule has 0 bridgehead atoms. The summed E-state index contributed by atoms with van der Waals surface area (Å²) in [4.78, 5) is 0. The van der Waals surface area contributed by atoms with Gasteiger partial charge in [-0.3, -0.25) is 0 Å². The third kappa shape index (κ3) is 7.84. The summed E-state index contributed by atoms with van der Waals surface area (Å²) in [5.74, 6) is 0. The van der Waals surface area contributed by atoms with Gasteiger partial charge in [0, 0.05) is 26.3 Å². The van der Waals surface area contributed by atoms with Crippen molar-refractivity contribution in [2.45, 2.75) is 31.7 Å². The third-order valence-electron chi connectivity index (χ3n) is 2.35. The summed E-state index contributed by atoms with van der Waals surface area (Å²) < 4.78 is 10.2. The molecule has 1 fully saturated rings. The average molecular weight is 246 g/mol. The van der Waals surface area contributed by atoms with E-state index < -0.39 is 0 Å². The highest BCUT2D eigenvalue weighted by Crippen LogP contribution is 2.18. The number of methoxy groups -OCH3 is 1. The molecule has 94 valence electrons. The maximum Gasteiger partial charge on any atom is 0.166 e. The van der Waals surface area contributed by atoms with Crippen LogP contribution in [0.2, 0.25) is 0 Å². The molecular formula is C11H22N2O2S. The van der Waals surface area contributed by atoms with Gasteiger partial charge in [-0.2, -0.15) is 0 Å². The molecule has 1 rings (SSSR count). The molecule has 1 saturated carbocycles. The summed E-state index contributed by atoms with van der Waals surface area (Å²) in [6.45, 7) is 3.08. The highest BCUT2D eigenvalue weighted by atomic mass is 32.1. The van der Waals surface area contributed by atoms with Crippen LogP contribution in [0.3, 0.4) is 0 Å². The number of hydrogen-bond acceptors (Lipinski definition) is 3. The Hall–Kier alpha value is -0.390. The van der Waals surface area contributed by atoms with Gasteiger partial charge >= 0.3 is 0 Å². The van der Waals surface area contributed by atoms with Gasteiger partial charge in [-0.1, -0.05) is 0 Å². The van der Waals surface area contributed by atoms with Crippen molar-refractivity contribution in [2.24, 2.45) is 0 Å². The van der Waals surface area contributed by atoms with Gasteiger partial charge in [-0.25, -0.2) is 0 Å². The second-order valence-corrected chi connectivity index (χ2v) is 4.40. The zero-order valence-electron chi connectivity index (χ0n) is 9.96. The first-order chi connectivity index (χ1) is 7.83. The first-order valence-electron chi connectivity index (χ1n) is 5.94. The van der Waals surface area contributed by atoms with Crippen LogP contribution in [0.4, 0.5) is 0 Å². The molecule has 0 heterocycles. The molecule has 0 atom stereocenters. The lowest BCUT2D eigenvalue weighted by atomic mass is 10.3. The number of hydrogen-bond donors (Lipinski definition) is 2. The highest BCUT2D eigenvalue weighted by Gasteiger charge is 2.21. The largest absolute Gasteiger partial charge is 0.382 e. The van der Waals surface area contributed by atoms with Gasteiger partial charge in [0.1, 0.15) is 0 Å². The van der Waals surface area contributed by atoms with Crippen molar-refractivity contribution < 1.29 is 9.47 Å². The number of ether oxygens (including phenoxy) is 2. The molecule has 0 aliphatic heterocycles. The second-order valence-electron chi connectivity index (χ2n) is 3.99. The predicted octanol–water partition coefficient (Wildman–Crippen LogP) is 1.06. The summed E-state index contributed by atoms with van der Waals surface area (Å²) in [6, 6.07) is 0.636. The zero-order chi connectivity index (χ0) is 11.6. The predicted molar refractivity (Wildman–Crippen MR) is 68.7 cm³/mol. The van der Waals surface area contributed by atoms with E-state index >= 15 is 0 Å². The Balaban J connectivity index is 1.75. The molecule has 0 aromatic carbocycles. The highest BCUT2D eigenvalue weighted by molar-refractivity contribution is 7.80. The van der Waals surface area contributed by atoms with E-state index in [1.54, 1.807) is 7.11 Å². The lowest BCUT2D eigenvalue weighted by Gasteiger charge is -2.09. The van der Waals surface area contributed by atoms with Gasteiger partial charge in [0.05, 0.1) is 13.2 Å². The number of thiocarbonyl (C=S) groups is 1. The van der Waals surface area contributed by atoms with E-state index in [9.17, 15) is 0 Å². The lowest BCUT2D eigenvalue weighted by Crippen LogP contribution is -2.37. The van der Waals surface area contributed by atoms with Crippen molar-refractivity contribution in [3.63, 3.8) is 0 Å². The van der Waals surface area contributed by atoms with Crippen LogP contribution < -0.4 is 10.6 Å². The molecule has 16 heavy (non-hydrogen) atoms. The number of unbranched alkanes of at least 4 members (excludes halogenated alkanes) is 1. The van der Waals surface area contributed by atoms with Crippen molar-refractivity contribution in [1.29, 1.82) is 0 Å². The minimum absolute atomic E-state index is 0.636. The molecule has 0 unspecified atom stereocenters. The summed E-state index contributed by atoms with van der Waals surface area (Å²) >= 11 is 5.14. The quantitative estimate of drug-likeness (QED) is 0.470. The van der Waals surface area contributed by atoms with Gasteiger partial charge in [0.25, 0.3) is 0 Å². The molecule has 1 aliphatic rings. The normalized spacial score (nSPS) is 14.8. The van der Waals surface area contributed by atoms with Crippen molar-refractivity contribution in [3.05, 3.63) is 0 Å². The van der Waals surface area contributed by atoms with Crippen LogP contribution in [0.15, 0.2) is 0 Å². The summed E-state index contributed by atoms with van der Waals surface area (Å²) in [6.07, 6.45) is 4.66. The van der Waals surface area contributed by atoms with Gasteiger partial charge in [-0.15, -0.1) is 0 Å². The monoisotopic (exact) mass is 246 g/mol. The molecule has 5 heteroatoms. The Kier molecular flexibility index (Phi) is 7.46. The summed E-state index contributed by atoms with van der Waals surface area (Å²) in [7, 11) is 1.68. The van der Waals surface area contributed by atoms with Crippen molar-refractivity contribution in [1.82, 2.24) is 10.6 Å². The van der Waals surface area contributed by atoms with Gasteiger partial charge in [0.2, 0.25) is 0 Å². The molecule has 2 N–H and O–H groups in total. The first-order valence-corrected chi connectivity index (χ1v) is 6.35. The van der Waals surface area contributed by atoms with Gasteiger partial charge < -0.3 is 20.1 Å². The number of rotatable bonds is 9. The fourth-order valence-corrected chi connectivity index (χ4v) is 1.51. The third-order valence-corrected chi connectivity index (χ3v) is 2.61. The standard InChI is InChI=1S/C11H22N2O2S/c1-14-8-9-15-7-3-2-6-12-11(16)13-10-4-5-10/h10H,2-9H2,1H3,(H2,12,13,16). The van der Waals surface area contributed by atoms with Crippen LogP contribution in [0.25, 0.3) is 0 Å². The minimum Gasteiger partial charge on any atom is -0.382 e. The van der Waals surface area contributed by atoms with E-state index in [2.05, 4.69) is 10.6 Å². The van der Waals surface area contributed by atoms with Gasteiger partial charge in [0.15, 0.2) is 5.11 Å². The van der Waals surface area contributed by atoms with Crippen LogP contribution in [-0.2, 0) is 9.47 Å². The van der Waals surface area contributed by atoms with E-state index in [1.807, 2.05) is 0 Å². The van der Waals surface area contributed by atoms with Crippen molar-refractivity contribution in [2.75, 3.05) is 33.5 Å². The fraction of sp³-hybridized carbons (Fsp3) is 0.909. The molecule has 0 radical (unpaired) electrons. The smallest absolute Gasteiger partial charge is 0.166 e. The molecule has 1 aliphatic carbocycles. The average Bonchev–Trinajstić information content (AvgIpc) is 3.06. The Labute approximate surface area is 103 Å². The van der Waals surface area contributed by atoms with E-state index in [-0.39, 0.29) is 0 Å². The van der Waals surface area contributed by atoms with E-state index in [0.29, 0.717) is 19.3 Å². The van der Waals surface area contributed by atoms with E-state index in [0.717, 1.165) is 31.1 Å². The first kappa shape index (κ1) is 13.7. The van der Waals surface area contributed by atoms with Crippen LogP contribution >= 0.6 is 12.2 Å². The van der Waals surface area contributed by atoms with Crippen LogP contribution in [0, 0.1) is 0 Å². The Bertz CT molecular complexity index is 198. The molecule has 0 amide bonds. The van der Waals surface area contributed by atoms with E-state index in [4.69, 9.17) is 21.7 Å². The molecule has 0 saturated heterocycles. The van der Waals surface area contributed by atoms with E-state index in [1.165, 1.54) is 12.8 Å². The Morgan fingerprint density at radius 2 is 2.06 bits per heavy atom. The molecule has 0 aromatic rings. The Morgan fingerprint density at radius 1 is 1.25 bits per heavy atom. The Morgan fingerprint density at radius 3 is 2.75 bits per heavy atom. The summed E-state index contributed by atoms with van der Waals surface area (Å²) in [5.41, 5.74) is 0. The minimum atomic E-state index is 0.636. The maximum atomic E-state index is 5.35. The number of nitrogens with one attached hydrogen (secondary N) is 2. The lowest BCUT2D eigenvalue weighted by molar-refractivity contribution is 0.0689.